The van der Waals surface area contributed by atoms with Crippen LogP contribution in [-0.4, -0.2) is 31.3 Å². The maximum Gasteiger partial charge on any atom is 0.499 e. The molecule has 1 fully saturated rings. The number of nitrogens with zero attached hydrogens (tertiary/aromatic N) is 1. The third-order valence-electron chi connectivity index (χ3n) is 4.00. The van der Waals surface area contributed by atoms with E-state index in [0.717, 1.165) is 6.29 Å². The molecule has 5 nitrogen and oxygen atoms in total. The fourth-order valence-electron chi connectivity index (χ4n) is 2.10. The highest BCUT2D eigenvalue weighted by Crippen LogP contribution is 2.37. The molecule has 0 radical (unpaired) electrons. The van der Waals surface area contributed by atoms with Crippen LogP contribution in [0.2, 0.25) is 0 Å². The van der Waals surface area contributed by atoms with Gasteiger partial charge in [0.15, 0.2) is 0 Å². The predicted octanol–water partition coefficient (Wildman–Crippen LogP) is 2.05. The summed E-state index contributed by atoms with van der Waals surface area (Å²) >= 11 is 0. The van der Waals surface area contributed by atoms with Crippen molar-refractivity contribution in [1.29, 1.82) is 0 Å². The first-order chi connectivity index (χ1) is 9.82. The molecule has 0 N–H and O–H groups in total. The normalized spacial score (nSPS) is 19.1. The molecule has 1 aliphatic heterocycles. The van der Waals surface area contributed by atoms with Crippen molar-refractivity contribution in [2.24, 2.45) is 0 Å². The van der Waals surface area contributed by atoms with Crippen molar-refractivity contribution in [2.75, 3.05) is 6.73 Å². The molecule has 21 heavy (non-hydrogen) atoms. The monoisotopic (exact) mass is 287 g/mol. The lowest BCUT2D eigenvalue weighted by Crippen LogP contribution is -2.41. The van der Waals surface area contributed by atoms with Gasteiger partial charge in [0.05, 0.1) is 11.2 Å². The zero-order valence-electron chi connectivity index (χ0n) is 12.7. The van der Waals surface area contributed by atoms with Crippen LogP contribution in [0.5, 0.6) is 5.75 Å². The van der Waals surface area contributed by atoms with Crippen LogP contribution in [-0.2, 0) is 9.31 Å². The lowest BCUT2D eigenvalue weighted by molar-refractivity contribution is 0.00578. The van der Waals surface area contributed by atoms with E-state index in [1.54, 1.807) is 18.2 Å². The van der Waals surface area contributed by atoms with Gasteiger partial charge in [-0.3, -0.25) is 9.64 Å². The van der Waals surface area contributed by atoms with Gasteiger partial charge in [-0.2, -0.15) is 0 Å². The Balaban J connectivity index is 2.44. The second kappa shape index (κ2) is 5.51. The van der Waals surface area contributed by atoms with Crippen LogP contribution in [0.1, 0.15) is 38.1 Å². The molecule has 0 amide bonds. The average Bonchev–Trinajstić information content (AvgIpc) is 2.64. The Bertz CT molecular complexity index is 576. The number of ether oxygens (including phenoxy) is 1. The third kappa shape index (κ3) is 2.80. The van der Waals surface area contributed by atoms with Crippen molar-refractivity contribution in [3.8, 4) is 5.75 Å². The molecule has 1 aromatic carbocycles. The first-order valence-corrected chi connectivity index (χ1v) is 6.72. The van der Waals surface area contributed by atoms with E-state index in [1.807, 2.05) is 27.7 Å². The van der Waals surface area contributed by atoms with Gasteiger partial charge in [0, 0.05) is 11.0 Å². The fraction of sp³-hybridized carbons (Fsp3) is 0.467. The molecule has 2 rings (SSSR count). The molecule has 110 valence electrons. The van der Waals surface area contributed by atoms with Gasteiger partial charge in [0.25, 0.3) is 0 Å². The number of rotatable bonds is 4. The van der Waals surface area contributed by atoms with Crippen LogP contribution >= 0.6 is 0 Å². The summed E-state index contributed by atoms with van der Waals surface area (Å²) in [7, 11) is -0.697. The second-order valence-corrected chi connectivity index (χ2v) is 5.90. The summed E-state index contributed by atoms with van der Waals surface area (Å²) in [5.74, 6) is 0.439. The van der Waals surface area contributed by atoms with E-state index < -0.39 is 18.3 Å². The number of carbonyl (C=O) groups is 1. The third-order valence-corrected chi connectivity index (χ3v) is 4.00. The molecule has 1 saturated heterocycles. The standard InChI is InChI=1S/C15H18BNO4/c1-14(2)15(3,4)21-16(20-14)13-11(9-18)7-6-8-12(13)19-10-17-5/h6-9H,10H2,1-4H3. The highest BCUT2D eigenvalue weighted by Gasteiger charge is 2.53. The van der Waals surface area contributed by atoms with Crippen molar-refractivity contribution in [2.45, 2.75) is 38.9 Å². The summed E-state index contributed by atoms with van der Waals surface area (Å²) < 4.78 is 17.4. The average molecular weight is 287 g/mol. The van der Waals surface area contributed by atoms with Gasteiger partial charge >= 0.3 is 13.8 Å². The van der Waals surface area contributed by atoms with Crippen LogP contribution in [0, 0.1) is 6.57 Å². The Morgan fingerprint density at radius 2 is 1.90 bits per heavy atom. The van der Waals surface area contributed by atoms with Gasteiger partial charge in [-0.25, -0.2) is 6.57 Å². The smallest absolute Gasteiger partial charge is 0.426 e. The minimum atomic E-state index is -0.697. The van der Waals surface area contributed by atoms with E-state index in [1.165, 1.54) is 0 Å². The Morgan fingerprint density at radius 3 is 2.43 bits per heavy atom. The molecule has 1 heterocycles. The van der Waals surface area contributed by atoms with E-state index in [2.05, 4.69) is 4.85 Å². The molecule has 1 aromatic rings. The lowest BCUT2D eigenvalue weighted by atomic mass is 9.75. The highest BCUT2D eigenvalue weighted by atomic mass is 16.7. The zero-order chi connectivity index (χ0) is 15.7. The van der Waals surface area contributed by atoms with Gasteiger partial charge in [-0.15, -0.1) is 0 Å². The minimum Gasteiger partial charge on any atom is -0.426 e. The molecule has 0 saturated carbocycles. The molecular weight excluding hydrogens is 269 g/mol. The summed E-state index contributed by atoms with van der Waals surface area (Å²) in [6, 6.07) is 5.09. The van der Waals surface area contributed by atoms with Crippen molar-refractivity contribution in [3.05, 3.63) is 35.2 Å². The second-order valence-electron chi connectivity index (χ2n) is 5.90. The predicted molar refractivity (Wildman–Crippen MR) is 79.6 cm³/mol. The molecule has 0 aromatic heterocycles. The van der Waals surface area contributed by atoms with E-state index in [0.29, 0.717) is 16.8 Å². The topological polar surface area (TPSA) is 49.1 Å². The van der Waals surface area contributed by atoms with Crippen molar-refractivity contribution in [3.63, 3.8) is 0 Å². The Labute approximate surface area is 125 Å². The van der Waals surface area contributed by atoms with Gasteiger partial charge in [-0.1, -0.05) is 12.1 Å². The molecular formula is C15H18BNO4. The number of hydrogen-bond acceptors (Lipinski definition) is 4. The summed E-state index contributed by atoms with van der Waals surface area (Å²) in [4.78, 5) is 14.5. The van der Waals surface area contributed by atoms with Crippen LogP contribution in [0.3, 0.4) is 0 Å². The van der Waals surface area contributed by atoms with Crippen molar-refractivity contribution in [1.82, 2.24) is 0 Å². The van der Waals surface area contributed by atoms with E-state index in [4.69, 9.17) is 20.6 Å². The molecule has 0 spiro atoms. The lowest BCUT2D eigenvalue weighted by Gasteiger charge is -2.32. The molecule has 0 aliphatic carbocycles. The summed E-state index contributed by atoms with van der Waals surface area (Å²) in [6.07, 6.45) is 0.741. The molecule has 1 aliphatic rings. The number of hydrogen-bond donors (Lipinski definition) is 0. The largest absolute Gasteiger partial charge is 0.499 e. The van der Waals surface area contributed by atoms with Crippen LogP contribution in [0.4, 0.5) is 0 Å². The maximum absolute atomic E-state index is 11.3. The van der Waals surface area contributed by atoms with E-state index in [9.17, 15) is 4.79 Å². The molecule has 0 bridgehead atoms. The van der Waals surface area contributed by atoms with Crippen LogP contribution < -0.4 is 10.2 Å². The zero-order valence-corrected chi connectivity index (χ0v) is 12.7. The Hall–Kier alpha value is -1.84. The first-order valence-electron chi connectivity index (χ1n) is 6.72. The van der Waals surface area contributed by atoms with E-state index >= 15 is 0 Å². The van der Waals surface area contributed by atoms with Gasteiger partial charge in [0.2, 0.25) is 0 Å². The SMILES string of the molecule is [C-]#[N+]COc1cccc(C=O)c1B1OC(C)(C)C(C)(C)O1. The number of aldehydes is 1. The Kier molecular flexibility index (Phi) is 4.08. The Morgan fingerprint density at radius 1 is 1.29 bits per heavy atom. The molecule has 0 atom stereocenters. The molecule has 0 unspecified atom stereocenters. The van der Waals surface area contributed by atoms with Crippen LogP contribution in [0.15, 0.2) is 18.2 Å². The number of carbonyl (C=O) groups excluding carboxylic acids is 1. The molecule has 6 heteroatoms. The van der Waals surface area contributed by atoms with Gasteiger partial charge in [-0.05, 0) is 33.8 Å². The summed E-state index contributed by atoms with van der Waals surface area (Å²) in [5, 5.41) is 0. The quantitative estimate of drug-likeness (QED) is 0.483. The van der Waals surface area contributed by atoms with E-state index in [-0.39, 0.29) is 6.73 Å². The summed E-state index contributed by atoms with van der Waals surface area (Å²) in [6.45, 7) is 14.5. The first kappa shape index (κ1) is 15.6. The van der Waals surface area contributed by atoms with Crippen molar-refractivity contribution >= 4 is 18.9 Å². The maximum atomic E-state index is 11.3. The van der Waals surface area contributed by atoms with Gasteiger partial charge in [0.1, 0.15) is 12.0 Å². The highest BCUT2D eigenvalue weighted by molar-refractivity contribution is 6.64. The summed E-state index contributed by atoms with van der Waals surface area (Å²) in [5.41, 5.74) is -0.0408. The fourth-order valence-corrected chi connectivity index (χ4v) is 2.10. The van der Waals surface area contributed by atoms with Gasteiger partial charge < -0.3 is 14.0 Å². The van der Waals surface area contributed by atoms with Crippen LogP contribution in [0.25, 0.3) is 4.85 Å². The number of benzene rings is 1. The van der Waals surface area contributed by atoms with Crippen molar-refractivity contribution < 1.29 is 18.8 Å². The minimum absolute atomic E-state index is 0.116.